The molecular formula is C51H33N3. The SMILES string of the molecule is c1ccc(-c2ccc3cc(-c4nc(-c5ccccc5)nc(-c5cccc(-c6cccc7cc(-c8ccc9ccccc9c8)ccc67)c5)n4)ccc3c2)cc1. The Kier molecular flexibility index (Phi) is 7.81. The minimum absolute atomic E-state index is 0.638. The Balaban J connectivity index is 1.04. The summed E-state index contributed by atoms with van der Waals surface area (Å²) in [6.07, 6.45) is 0. The van der Waals surface area contributed by atoms with E-state index in [1.165, 1.54) is 54.7 Å². The third-order valence-corrected chi connectivity index (χ3v) is 10.3. The zero-order chi connectivity index (χ0) is 35.8. The van der Waals surface area contributed by atoms with Gasteiger partial charge in [0.25, 0.3) is 0 Å². The average Bonchev–Trinajstić information content (AvgIpc) is 3.26. The van der Waals surface area contributed by atoms with Gasteiger partial charge in [-0.3, -0.25) is 0 Å². The zero-order valence-electron chi connectivity index (χ0n) is 29.4. The standard InChI is InChI=1S/C51H33N3/c1-3-11-34(12-4-1)38-23-24-41-32-46(26-25-40(41)30-38)51-53-49(36-14-5-2-6-15-36)52-50(54-51)45-19-9-17-44(33-45)47-20-10-18-43-31-42(27-28-48(43)47)39-22-21-35-13-7-8-16-37(35)29-39/h1-33H. The van der Waals surface area contributed by atoms with E-state index >= 15 is 0 Å². The molecular weight excluding hydrogens is 655 g/mol. The highest BCUT2D eigenvalue weighted by Crippen LogP contribution is 2.35. The molecule has 0 amide bonds. The molecule has 0 saturated carbocycles. The molecule has 10 rings (SSSR count). The van der Waals surface area contributed by atoms with Gasteiger partial charge in [0.05, 0.1) is 0 Å². The van der Waals surface area contributed by atoms with Crippen LogP contribution in [0.25, 0.3) is 99.9 Å². The van der Waals surface area contributed by atoms with Gasteiger partial charge < -0.3 is 0 Å². The second-order valence-electron chi connectivity index (χ2n) is 13.7. The first kappa shape index (κ1) is 31.5. The Labute approximate surface area is 313 Å². The summed E-state index contributed by atoms with van der Waals surface area (Å²) in [7, 11) is 0. The molecule has 10 aromatic rings. The van der Waals surface area contributed by atoms with E-state index in [0.29, 0.717) is 17.5 Å². The molecule has 3 nitrogen and oxygen atoms in total. The Hall–Kier alpha value is -7.23. The molecule has 0 bridgehead atoms. The number of aromatic nitrogens is 3. The maximum atomic E-state index is 5.11. The van der Waals surface area contributed by atoms with E-state index in [9.17, 15) is 0 Å². The van der Waals surface area contributed by atoms with Gasteiger partial charge in [0.15, 0.2) is 17.5 Å². The van der Waals surface area contributed by atoms with E-state index < -0.39 is 0 Å². The lowest BCUT2D eigenvalue weighted by Crippen LogP contribution is -2.00. The van der Waals surface area contributed by atoms with Crippen LogP contribution < -0.4 is 0 Å². The van der Waals surface area contributed by atoms with Crippen molar-refractivity contribution in [3.8, 4) is 67.5 Å². The molecule has 0 saturated heterocycles. The Morgan fingerprint density at radius 2 is 0.648 bits per heavy atom. The predicted molar refractivity (Wildman–Crippen MR) is 225 cm³/mol. The van der Waals surface area contributed by atoms with Crippen LogP contribution >= 0.6 is 0 Å². The van der Waals surface area contributed by atoms with Crippen molar-refractivity contribution >= 4 is 32.3 Å². The highest BCUT2D eigenvalue weighted by molar-refractivity contribution is 6.00. The number of benzene rings is 9. The first-order valence-corrected chi connectivity index (χ1v) is 18.3. The van der Waals surface area contributed by atoms with Crippen molar-refractivity contribution in [2.24, 2.45) is 0 Å². The fourth-order valence-electron chi connectivity index (χ4n) is 7.46. The number of nitrogens with zero attached hydrogens (tertiary/aromatic N) is 3. The fourth-order valence-corrected chi connectivity index (χ4v) is 7.46. The Morgan fingerprint density at radius 3 is 1.37 bits per heavy atom. The van der Waals surface area contributed by atoms with Crippen molar-refractivity contribution in [3.63, 3.8) is 0 Å². The van der Waals surface area contributed by atoms with Gasteiger partial charge in [-0.1, -0.05) is 170 Å². The van der Waals surface area contributed by atoms with Crippen LogP contribution in [0.4, 0.5) is 0 Å². The summed E-state index contributed by atoms with van der Waals surface area (Å²) < 4.78 is 0. The van der Waals surface area contributed by atoms with E-state index in [4.69, 9.17) is 15.0 Å². The van der Waals surface area contributed by atoms with Gasteiger partial charge in [0, 0.05) is 16.7 Å². The van der Waals surface area contributed by atoms with Crippen LogP contribution in [0.15, 0.2) is 200 Å². The molecule has 1 heterocycles. The molecule has 0 atom stereocenters. The lowest BCUT2D eigenvalue weighted by atomic mass is 9.94. The van der Waals surface area contributed by atoms with E-state index in [0.717, 1.165) is 27.6 Å². The molecule has 0 aliphatic rings. The topological polar surface area (TPSA) is 38.7 Å². The van der Waals surface area contributed by atoms with E-state index in [1.807, 2.05) is 36.4 Å². The van der Waals surface area contributed by atoms with Gasteiger partial charge in [0.1, 0.15) is 0 Å². The van der Waals surface area contributed by atoms with E-state index in [2.05, 4.69) is 164 Å². The normalized spacial score (nSPS) is 11.3. The lowest BCUT2D eigenvalue weighted by molar-refractivity contribution is 1.07. The second-order valence-corrected chi connectivity index (χ2v) is 13.7. The van der Waals surface area contributed by atoms with Crippen molar-refractivity contribution in [1.82, 2.24) is 15.0 Å². The third-order valence-electron chi connectivity index (χ3n) is 10.3. The van der Waals surface area contributed by atoms with Crippen LogP contribution in [0.2, 0.25) is 0 Å². The summed E-state index contributed by atoms with van der Waals surface area (Å²) in [6, 6.07) is 70.8. The van der Waals surface area contributed by atoms with Crippen LogP contribution in [0.3, 0.4) is 0 Å². The predicted octanol–water partition coefficient (Wildman–Crippen LogP) is 13.3. The minimum Gasteiger partial charge on any atom is -0.208 e. The Morgan fingerprint density at radius 1 is 0.222 bits per heavy atom. The molecule has 0 unspecified atom stereocenters. The van der Waals surface area contributed by atoms with Crippen molar-refractivity contribution in [3.05, 3.63) is 200 Å². The second kappa shape index (κ2) is 13.4. The summed E-state index contributed by atoms with van der Waals surface area (Å²) in [5, 5.41) is 7.20. The van der Waals surface area contributed by atoms with Crippen LogP contribution in [-0.2, 0) is 0 Å². The van der Waals surface area contributed by atoms with Gasteiger partial charge in [0.2, 0.25) is 0 Å². The lowest BCUT2D eigenvalue weighted by Gasteiger charge is -2.12. The van der Waals surface area contributed by atoms with Gasteiger partial charge in [-0.25, -0.2) is 15.0 Å². The third kappa shape index (κ3) is 5.98. The molecule has 9 aromatic carbocycles. The maximum Gasteiger partial charge on any atom is 0.164 e. The fraction of sp³-hybridized carbons (Fsp3) is 0. The zero-order valence-corrected chi connectivity index (χ0v) is 29.4. The summed E-state index contributed by atoms with van der Waals surface area (Å²) in [5.74, 6) is 1.93. The Bertz CT molecular complexity index is 2990. The molecule has 0 aliphatic carbocycles. The highest BCUT2D eigenvalue weighted by atomic mass is 15.0. The molecule has 3 heteroatoms. The first-order chi connectivity index (χ1) is 26.7. The number of fused-ring (bicyclic) bond motifs is 3. The number of hydrogen-bond acceptors (Lipinski definition) is 3. The van der Waals surface area contributed by atoms with E-state index in [1.54, 1.807) is 0 Å². The molecule has 0 aliphatic heterocycles. The molecule has 0 N–H and O–H groups in total. The summed E-state index contributed by atoms with van der Waals surface area (Å²) in [6.45, 7) is 0. The summed E-state index contributed by atoms with van der Waals surface area (Å²) in [5.41, 5.74) is 9.93. The minimum atomic E-state index is 0.638. The molecule has 54 heavy (non-hydrogen) atoms. The quantitative estimate of drug-likeness (QED) is 0.175. The maximum absolute atomic E-state index is 5.11. The summed E-state index contributed by atoms with van der Waals surface area (Å²) in [4.78, 5) is 15.2. The van der Waals surface area contributed by atoms with Crippen LogP contribution in [0, 0.1) is 0 Å². The molecule has 0 fully saturated rings. The van der Waals surface area contributed by atoms with Crippen LogP contribution in [-0.4, -0.2) is 15.0 Å². The molecule has 252 valence electrons. The molecule has 0 spiro atoms. The van der Waals surface area contributed by atoms with Gasteiger partial charge >= 0.3 is 0 Å². The number of rotatable bonds is 6. The first-order valence-electron chi connectivity index (χ1n) is 18.3. The molecule has 0 radical (unpaired) electrons. The van der Waals surface area contributed by atoms with Crippen LogP contribution in [0.5, 0.6) is 0 Å². The highest BCUT2D eigenvalue weighted by Gasteiger charge is 2.15. The van der Waals surface area contributed by atoms with Crippen molar-refractivity contribution in [2.45, 2.75) is 0 Å². The van der Waals surface area contributed by atoms with Gasteiger partial charge in [-0.2, -0.15) is 0 Å². The molecule has 1 aromatic heterocycles. The van der Waals surface area contributed by atoms with Crippen molar-refractivity contribution < 1.29 is 0 Å². The van der Waals surface area contributed by atoms with Gasteiger partial charge in [-0.05, 0) is 96.0 Å². The summed E-state index contributed by atoms with van der Waals surface area (Å²) >= 11 is 0. The van der Waals surface area contributed by atoms with Crippen molar-refractivity contribution in [2.75, 3.05) is 0 Å². The van der Waals surface area contributed by atoms with Crippen molar-refractivity contribution in [1.29, 1.82) is 0 Å². The smallest absolute Gasteiger partial charge is 0.164 e. The monoisotopic (exact) mass is 687 g/mol. The largest absolute Gasteiger partial charge is 0.208 e. The average molecular weight is 688 g/mol. The van der Waals surface area contributed by atoms with Gasteiger partial charge in [-0.15, -0.1) is 0 Å². The van der Waals surface area contributed by atoms with E-state index in [-0.39, 0.29) is 0 Å². The van der Waals surface area contributed by atoms with Crippen LogP contribution in [0.1, 0.15) is 0 Å². The number of hydrogen-bond donors (Lipinski definition) is 0.